The number of nitrogens with one attached hydrogen (secondary N) is 2. The number of H-pyrrole nitrogens is 1. The number of carbonyl (C=O) groups is 1. The second kappa shape index (κ2) is 6.34. The minimum absolute atomic E-state index is 0.392. The second-order valence-corrected chi connectivity index (χ2v) is 4.52. The normalized spacial score (nSPS) is 10.2. The van der Waals surface area contributed by atoms with E-state index in [1.807, 2.05) is 6.07 Å². The van der Waals surface area contributed by atoms with Gasteiger partial charge in [0.25, 0.3) is 0 Å². The summed E-state index contributed by atoms with van der Waals surface area (Å²) in [4.78, 5) is 14.3. The molecule has 0 aliphatic rings. The monoisotopic (exact) mass is 294 g/mol. The fraction of sp³-hybridized carbons (Fsp3) is 0.214. The third-order valence-electron chi connectivity index (χ3n) is 2.78. The Hall–Kier alpha value is -2.14. The molecular weight excluding hydrogens is 280 g/mol. The third-order valence-corrected chi connectivity index (χ3v) is 3.02. The van der Waals surface area contributed by atoms with Gasteiger partial charge in [0, 0.05) is 10.7 Å². The molecule has 1 aromatic heterocycles. The number of rotatable bonds is 5. The van der Waals surface area contributed by atoms with Crippen LogP contribution in [0.15, 0.2) is 30.3 Å². The lowest BCUT2D eigenvalue weighted by molar-refractivity contribution is 0.0594. The zero-order valence-electron chi connectivity index (χ0n) is 11.2. The van der Waals surface area contributed by atoms with E-state index in [9.17, 15) is 4.79 Å². The molecule has 0 atom stereocenters. The molecule has 5 nitrogen and oxygen atoms in total. The number of carbonyl (C=O) groups excluding carboxylic acids is 1. The maximum Gasteiger partial charge on any atom is 0.354 e. The van der Waals surface area contributed by atoms with Gasteiger partial charge in [0.15, 0.2) is 0 Å². The number of benzene rings is 1. The molecule has 0 fully saturated rings. The van der Waals surface area contributed by atoms with Crippen molar-refractivity contribution in [3.63, 3.8) is 0 Å². The van der Waals surface area contributed by atoms with Gasteiger partial charge in [-0.05, 0) is 30.3 Å². The topological polar surface area (TPSA) is 63.4 Å². The van der Waals surface area contributed by atoms with Crippen molar-refractivity contribution in [2.24, 2.45) is 0 Å². The van der Waals surface area contributed by atoms with Crippen LogP contribution in [-0.2, 0) is 11.3 Å². The van der Waals surface area contributed by atoms with Crippen molar-refractivity contribution < 1.29 is 14.3 Å². The lowest BCUT2D eigenvalue weighted by atomic mass is 10.3. The van der Waals surface area contributed by atoms with E-state index in [1.54, 1.807) is 31.4 Å². The van der Waals surface area contributed by atoms with Gasteiger partial charge in [-0.1, -0.05) is 11.6 Å². The van der Waals surface area contributed by atoms with E-state index in [0.29, 0.717) is 23.0 Å². The van der Waals surface area contributed by atoms with Crippen molar-refractivity contribution in [1.29, 1.82) is 0 Å². The fourth-order valence-electron chi connectivity index (χ4n) is 1.78. The average molecular weight is 295 g/mol. The Bertz CT molecular complexity index is 610. The number of hydrogen-bond acceptors (Lipinski definition) is 4. The van der Waals surface area contributed by atoms with E-state index >= 15 is 0 Å². The van der Waals surface area contributed by atoms with Crippen LogP contribution < -0.4 is 10.1 Å². The first-order chi connectivity index (χ1) is 9.63. The molecule has 0 saturated heterocycles. The maximum absolute atomic E-state index is 11.3. The van der Waals surface area contributed by atoms with Crippen LogP contribution in [0.4, 0.5) is 5.69 Å². The molecule has 2 aromatic rings. The Morgan fingerprint density at radius 2 is 2.10 bits per heavy atom. The van der Waals surface area contributed by atoms with Crippen LogP contribution in [-0.4, -0.2) is 25.2 Å². The first-order valence-electron chi connectivity index (χ1n) is 5.97. The van der Waals surface area contributed by atoms with E-state index in [4.69, 9.17) is 16.3 Å². The predicted octanol–water partition coefficient (Wildman–Crippen LogP) is 3.08. The highest BCUT2D eigenvalue weighted by molar-refractivity contribution is 6.30. The standard InChI is InChI=1S/C14H15ClN2O3/c1-19-13-6-3-9(15)7-12(13)16-8-10-4-5-11(17-10)14(18)20-2/h3-7,16-17H,8H2,1-2H3. The molecule has 0 bridgehead atoms. The van der Waals surface area contributed by atoms with Crippen LogP contribution in [0, 0.1) is 0 Å². The lowest BCUT2D eigenvalue weighted by Crippen LogP contribution is -2.04. The number of methoxy groups -OCH3 is 2. The molecule has 1 aromatic carbocycles. The number of hydrogen-bond donors (Lipinski definition) is 2. The van der Waals surface area contributed by atoms with Gasteiger partial charge >= 0.3 is 5.97 Å². The van der Waals surface area contributed by atoms with Crippen molar-refractivity contribution in [2.45, 2.75) is 6.54 Å². The molecule has 20 heavy (non-hydrogen) atoms. The number of esters is 1. The predicted molar refractivity (Wildman–Crippen MR) is 77.5 cm³/mol. The largest absolute Gasteiger partial charge is 0.495 e. The van der Waals surface area contributed by atoms with Crippen LogP contribution in [0.25, 0.3) is 0 Å². The number of anilines is 1. The van der Waals surface area contributed by atoms with Gasteiger partial charge in [-0.3, -0.25) is 0 Å². The first kappa shape index (κ1) is 14.3. The van der Waals surface area contributed by atoms with E-state index in [2.05, 4.69) is 15.0 Å². The van der Waals surface area contributed by atoms with Gasteiger partial charge in [0.05, 0.1) is 26.5 Å². The molecule has 2 rings (SSSR count). The summed E-state index contributed by atoms with van der Waals surface area (Å²) in [6, 6.07) is 8.83. The Morgan fingerprint density at radius 1 is 1.30 bits per heavy atom. The van der Waals surface area contributed by atoms with Gasteiger partial charge in [0.1, 0.15) is 11.4 Å². The average Bonchev–Trinajstić information content (AvgIpc) is 2.93. The highest BCUT2D eigenvalue weighted by Crippen LogP contribution is 2.27. The Labute approximate surface area is 121 Å². The van der Waals surface area contributed by atoms with Crippen LogP contribution in [0.1, 0.15) is 16.2 Å². The summed E-state index contributed by atoms with van der Waals surface area (Å²) >= 11 is 5.96. The molecule has 0 unspecified atom stereocenters. The summed E-state index contributed by atoms with van der Waals surface area (Å²) in [5, 5.41) is 3.82. The van der Waals surface area contributed by atoms with E-state index in [0.717, 1.165) is 11.4 Å². The zero-order chi connectivity index (χ0) is 14.5. The molecule has 6 heteroatoms. The molecular formula is C14H15ClN2O3. The van der Waals surface area contributed by atoms with Gasteiger partial charge < -0.3 is 19.8 Å². The van der Waals surface area contributed by atoms with Crippen molar-refractivity contribution in [2.75, 3.05) is 19.5 Å². The summed E-state index contributed by atoms with van der Waals surface area (Å²) in [5.74, 6) is 0.311. The van der Waals surface area contributed by atoms with Crippen molar-refractivity contribution in [1.82, 2.24) is 4.98 Å². The summed E-state index contributed by atoms with van der Waals surface area (Å²) < 4.78 is 9.88. The van der Waals surface area contributed by atoms with Crippen LogP contribution in [0.2, 0.25) is 5.02 Å². The Morgan fingerprint density at radius 3 is 2.80 bits per heavy atom. The van der Waals surface area contributed by atoms with Crippen LogP contribution in [0.5, 0.6) is 5.75 Å². The molecule has 0 amide bonds. The molecule has 0 aliphatic heterocycles. The molecule has 2 N–H and O–H groups in total. The maximum atomic E-state index is 11.3. The van der Waals surface area contributed by atoms with Gasteiger partial charge in [-0.2, -0.15) is 0 Å². The third kappa shape index (κ3) is 3.24. The summed E-state index contributed by atoms with van der Waals surface area (Å²) in [6.07, 6.45) is 0. The van der Waals surface area contributed by atoms with Crippen LogP contribution >= 0.6 is 11.6 Å². The van der Waals surface area contributed by atoms with Crippen molar-refractivity contribution >= 4 is 23.3 Å². The Balaban J connectivity index is 2.07. The highest BCUT2D eigenvalue weighted by atomic mass is 35.5. The quantitative estimate of drug-likeness (QED) is 0.832. The smallest absolute Gasteiger partial charge is 0.354 e. The summed E-state index contributed by atoms with van der Waals surface area (Å²) in [7, 11) is 2.94. The minimum Gasteiger partial charge on any atom is -0.495 e. The SMILES string of the molecule is COC(=O)c1ccc(CNc2cc(Cl)ccc2OC)[nH]1. The van der Waals surface area contributed by atoms with Crippen molar-refractivity contribution in [3.8, 4) is 5.75 Å². The number of halogens is 1. The number of aromatic amines is 1. The van der Waals surface area contributed by atoms with E-state index in [1.165, 1.54) is 7.11 Å². The number of ether oxygens (including phenoxy) is 2. The molecule has 0 spiro atoms. The fourth-order valence-corrected chi connectivity index (χ4v) is 1.95. The summed E-state index contributed by atoms with van der Waals surface area (Å²) in [5.41, 5.74) is 2.06. The highest BCUT2D eigenvalue weighted by Gasteiger charge is 2.08. The van der Waals surface area contributed by atoms with E-state index < -0.39 is 5.97 Å². The minimum atomic E-state index is -0.392. The van der Waals surface area contributed by atoms with Crippen molar-refractivity contribution in [3.05, 3.63) is 46.7 Å². The number of aromatic nitrogens is 1. The first-order valence-corrected chi connectivity index (χ1v) is 6.35. The summed E-state index contributed by atoms with van der Waals surface area (Å²) in [6.45, 7) is 0.508. The molecule has 106 valence electrons. The molecule has 0 aliphatic carbocycles. The molecule has 1 heterocycles. The second-order valence-electron chi connectivity index (χ2n) is 4.09. The van der Waals surface area contributed by atoms with Gasteiger partial charge in [-0.15, -0.1) is 0 Å². The molecule has 0 radical (unpaired) electrons. The Kier molecular flexibility index (Phi) is 4.53. The lowest BCUT2D eigenvalue weighted by Gasteiger charge is -2.10. The van der Waals surface area contributed by atoms with Crippen LogP contribution in [0.3, 0.4) is 0 Å². The van der Waals surface area contributed by atoms with E-state index in [-0.39, 0.29) is 0 Å². The van der Waals surface area contributed by atoms with Gasteiger partial charge in [-0.25, -0.2) is 4.79 Å². The van der Waals surface area contributed by atoms with Gasteiger partial charge in [0.2, 0.25) is 0 Å². The zero-order valence-corrected chi connectivity index (χ0v) is 12.0. The molecule has 0 saturated carbocycles.